The second-order valence-electron chi connectivity index (χ2n) is 8.53. The highest BCUT2D eigenvalue weighted by Crippen LogP contribution is 2.44. The summed E-state index contributed by atoms with van der Waals surface area (Å²) in [5, 5.41) is 5.35. The number of halogens is 3. The van der Waals surface area contributed by atoms with Crippen LogP contribution in [-0.4, -0.2) is 71.4 Å². The number of hydrogen-bond donors (Lipinski definition) is 3. The van der Waals surface area contributed by atoms with Crippen molar-refractivity contribution in [1.82, 2.24) is 20.2 Å². The number of fused-ring (bicyclic) bond motifs is 1. The lowest BCUT2D eigenvalue weighted by molar-refractivity contribution is -0.141. The normalized spacial score (nSPS) is 18.8. The van der Waals surface area contributed by atoms with E-state index in [2.05, 4.69) is 25.5 Å². The van der Waals surface area contributed by atoms with Gasteiger partial charge in [-0.15, -0.1) is 0 Å². The lowest BCUT2D eigenvalue weighted by atomic mass is 10.1. The highest BCUT2D eigenvalue weighted by atomic mass is 32.2. The minimum Gasteiger partial charge on any atom is -0.379 e. The summed E-state index contributed by atoms with van der Waals surface area (Å²) in [7, 11) is 0. The Bertz CT molecular complexity index is 1100. The van der Waals surface area contributed by atoms with Crippen LogP contribution >= 0.6 is 11.8 Å². The molecule has 1 aromatic heterocycles. The van der Waals surface area contributed by atoms with Crippen molar-refractivity contribution in [3.05, 3.63) is 47.5 Å². The molecule has 2 unspecified atom stereocenters. The van der Waals surface area contributed by atoms with Gasteiger partial charge in [-0.3, -0.25) is 14.5 Å². The van der Waals surface area contributed by atoms with Crippen molar-refractivity contribution in [1.29, 1.82) is 0 Å². The third-order valence-electron chi connectivity index (χ3n) is 5.89. The van der Waals surface area contributed by atoms with Crippen molar-refractivity contribution in [3.8, 4) is 0 Å². The number of thioether (sulfide) groups is 1. The van der Waals surface area contributed by atoms with Crippen LogP contribution in [0.4, 0.5) is 18.9 Å². The fourth-order valence-corrected chi connectivity index (χ4v) is 5.39. The number of carbonyl (C=O) groups excluding carboxylic acids is 2. The van der Waals surface area contributed by atoms with Crippen LogP contribution in [0, 0.1) is 0 Å². The number of rotatable bonds is 9. The zero-order chi connectivity index (χ0) is 25.7. The van der Waals surface area contributed by atoms with Crippen molar-refractivity contribution in [2.75, 3.05) is 44.7 Å². The lowest BCUT2D eigenvalue weighted by Gasteiger charge is -2.26. The SMILES string of the molecule is NC(=O)C(c1nccc(C(F)(F)F)n1)C1Nc2ccc(CC(=O)NCCCN3CCOCC3)cc2S1. The van der Waals surface area contributed by atoms with Gasteiger partial charge in [0.1, 0.15) is 17.4 Å². The molecule has 4 rings (SSSR count). The summed E-state index contributed by atoms with van der Waals surface area (Å²) in [5.74, 6) is -2.43. The molecule has 0 radical (unpaired) electrons. The molecular formula is C23H27F3N6O3S. The van der Waals surface area contributed by atoms with Crippen LogP contribution in [0.2, 0.25) is 0 Å². The Hall–Kier alpha value is -2.90. The van der Waals surface area contributed by atoms with E-state index in [0.717, 1.165) is 62.0 Å². The number of nitrogens with zero attached hydrogens (tertiary/aromatic N) is 3. The third kappa shape index (κ3) is 6.65. The number of amides is 2. The van der Waals surface area contributed by atoms with Crippen LogP contribution in [0.3, 0.4) is 0 Å². The Morgan fingerprint density at radius 2 is 2.06 bits per heavy atom. The smallest absolute Gasteiger partial charge is 0.379 e. The molecule has 2 aliphatic heterocycles. The highest BCUT2D eigenvalue weighted by Gasteiger charge is 2.38. The summed E-state index contributed by atoms with van der Waals surface area (Å²) in [6, 6.07) is 6.13. The predicted octanol–water partition coefficient (Wildman–Crippen LogP) is 1.99. The second kappa shape index (κ2) is 11.4. The first-order chi connectivity index (χ1) is 17.2. The molecule has 2 atom stereocenters. The first-order valence-corrected chi connectivity index (χ1v) is 12.4. The van der Waals surface area contributed by atoms with Crippen LogP contribution in [0.15, 0.2) is 35.4 Å². The van der Waals surface area contributed by atoms with E-state index in [4.69, 9.17) is 10.5 Å². The quantitative estimate of drug-likeness (QED) is 0.426. The number of aromatic nitrogens is 2. The molecule has 3 heterocycles. The van der Waals surface area contributed by atoms with Gasteiger partial charge in [-0.1, -0.05) is 17.8 Å². The maximum atomic E-state index is 13.1. The number of hydrogen-bond acceptors (Lipinski definition) is 8. The van der Waals surface area contributed by atoms with Crippen molar-refractivity contribution >= 4 is 29.3 Å². The summed E-state index contributed by atoms with van der Waals surface area (Å²) >= 11 is 1.24. The van der Waals surface area contributed by atoms with E-state index in [1.807, 2.05) is 6.07 Å². The third-order valence-corrected chi connectivity index (χ3v) is 7.13. The summed E-state index contributed by atoms with van der Waals surface area (Å²) in [5.41, 5.74) is 5.86. The number of nitrogens with two attached hydrogens (primary N) is 1. The Morgan fingerprint density at radius 3 is 2.78 bits per heavy atom. The van der Waals surface area contributed by atoms with E-state index >= 15 is 0 Å². The molecule has 9 nitrogen and oxygen atoms in total. The number of benzene rings is 1. The zero-order valence-electron chi connectivity index (χ0n) is 19.4. The van der Waals surface area contributed by atoms with Gasteiger partial charge in [0.05, 0.1) is 25.0 Å². The number of alkyl halides is 3. The van der Waals surface area contributed by atoms with Crippen molar-refractivity contribution in [2.24, 2.45) is 5.73 Å². The van der Waals surface area contributed by atoms with Crippen LogP contribution < -0.4 is 16.4 Å². The van der Waals surface area contributed by atoms with Gasteiger partial charge in [0.15, 0.2) is 0 Å². The fraction of sp³-hybridized carbons (Fsp3) is 0.478. The number of carbonyl (C=O) groups is 2. The molecule has 13 heteroatoms. The molecule has 0 aliphatic carbocycles. The first-order valence-electron chi connectivity index (χ1n) is 11.5. The maximum Gasteiger partial charge on any atom is 0.433 e. The van der Waals surface area contributed by atoms with Gasteiger partial charge in [0.25, 0.3) is 0 Å². The molecule has 0 spiro atoms. The van der Waals surface area contributed by atoms with Gasteiger partial charge in [-0.25, -0.2) is 9.97 Å². The Kier molecular flexibility index (Phi) is 8.32. The van der Waals surface area contributed by atoms with E-state index in [1.54, 1.807) is 12.1 Å². The molecule has 1 saturated heterocycles. The number of nitrogens with one attached hydrogen (secondary N) is 2. The van der Waals surface area contributed by atoms with E-state index in [1.165, 1.54) is 11.8 Å². The number of anilines is 1. The van der Waals surface area contributed by atoms with Crippen LogP contribution in [0.5, 0.6) is 0 Å². The minimum absolute atomic E-state index is 0.100. The standard InChI is InChI=1S/C23H27F3N6O3S/c24-23(25,26)17-4-6-29-21(31-17)19(20(27)34)22-30-15-3-2-14(12-16(15)36-22)13-18(33)28-5-1-7-32-8-10-35-11-9-32/h2-4,6,12,19,22,30H,1,5,7-11,13H2,(H2,27,34)(H,28,33). The van der Waals surface area contributed by atoms with E-state index in [-0.39, 0.29) is 18.2 Å². The number of ether oxygens (including phenoxy) is 1. The van der Waals surface area contributed by atoms with Crippen molar-refractivity contribution in [2.45, 2.75) is 35.2 Å². The molecule has 0 saturated carbocycles. The van der Waals surface area contributed by atoms with E-state index in [9.17, 15) is 22.8 Å². The molecule has 4 N–H and O–H groups in total. The largest absolute Gasteiger partial charge is 0.433 e. The second-order valence-corrected chi connectivity index (χ2v) is 9.71. The summed E-state index contributed by atoms with van der Waals surface area (Å²) < 4.78 is 44.6. The Morgan fingerprint density at radius 1 is 1.28 bits per heavy atom. The molecule has 36 heavy (non-hydrogen) atoms. The van der Waals surface area contributed by atoms with Gasteiger partial charge < -0.3 is 21.1 Å². The molecular weight excluding hydrogens is 497 g/mol. The predicted molar refractivity (Wildman–Crippen MR) is 127 cm³/mol. The lowest BCUT2D eigenvalue weighted by Crippen LogP contribution is -2.38. The average Bonchev–Trinajstić information content (AvgIpc) is 3.24. The van der Waals surface area contributed by atoms with Gasteiger partial charge in [-0.2, -0.15) is 13.2 Å². The van der Waals surface area contributed by atoms with E-state index < -0.39 is 29.1 Å². The van der Waals surface area contributed by atoms with Crippen molar-refractivity contribution < 1.29 is 27.5 Å². The van der Waals surface area contributed by atoms with Crippen LogP contribution in [-0.2, 0) is 26.9 Å². The Labute approximate surface area is 210 Å². The highest BCUT2D eigenvalue weighted by molar-refractivity contribution is 8.00. The molecule has 2 aromatic rings. The molecule has 1 aromatic carbocycles. The summed E-state index contributed by atoms with van der Waals surface area (Å²) in [4.78, 5) is 35.1. The maximum absolute atomic E-state index is 13.1. The number of primary amides is 1. The summed E-state index contributed by atoms with van der Waals surface area (Å²) in [6.45, 7) is 4.79. The fourth-order valence-electron chi connectivity index (χ4n) is 4.06. The van der Waals surface area contributed by atoms with Crippen LogP contribution in [0.1, 0.15) is 29.4 Å². The number of morpholine rings is 1. The molecule has 1 fully saturated rings. The average molecular weight is 525 g/mol. The molecule has 194 valence electrons. The van der Waals surface area contributed by atoms with Gasteiger partial charge in [0, 0.05) is 36.4 Å². The Balaban J connectivity index is 1.34. The monoisotopic (exact) mass is 524 g/mol. The topological polar surface area (TPSA) is 122 Å². The molecule has 2 aliphatic rings. The molecule has 0 bridgehead atoms. The minimum atomic E-state index is -4.67. The zero-order valence-corrected chi connectivity index (χ0v) is 20.2. The first kappa shape index (κ1) is 26.2. The summed E-state index contributed by atoms with van der Waals surface area (Å²) in [6.07, 6.45) is -2.67. The van der Waals surface area contributed by atoms with Gasteiger partial charge >= 0.3 is 6.18 Å². The van der Waals surface area contributed by atoms with Crippen LogP contribution in [0.25, 0.3) is 0 Å². The van der Waals surface area contributed by atoms with Crippen molar-refractivity contribution in [3.63, 3.8) is 0 Å². The van der Waals surface area contributed by atoms with E-state index in [0.29, 0.717) is 12.2 Å². The molecule has 2 amide bonds. The van der Waals surface area contributed by atoms with Gasteiger partial charge in [0.2, 0.25) is 11.8 Å². The van der Waals surface area contributed by atoms with Gasteiger partial charge in [-0.05, 0) is 36.7 Å².